The Morgan fingerprint density at radius 3 is 2.62 bits per heavy atom. The van der Waals surface area contributed by atoms with E-state index >= 15 is 0 Å². The van der Waals surface area contributed by atoms with Crippen molar-refractivity contribution in [3.63, 3.8) is 0 Å². The van der Waals surface area contributed by atoms with Crippen LogP contribution in [0.5, 0.6) is 0 Å². The number of nitrogen functional groups attached to an aromatic ring is 1. The van der Waals surface area contributed by atoms with Gasteiger partial charge in [0.25, 0.3) is 0 Å². The molecule has 3 aromatic heterocycles. The highest BCUT2D eigenvalue weighted by Crippen LogP contribution is 2.17. The molecule has 10 heteroatoms. The molecular formula is C16H20Cl2N8. The van der Waals surface area contributed by atoms with Crippen molar-refractivity contribution < 1.29 is 0 Å². The molecule has 0 bridgehead atoms. The quantitative estimate of drug-likeness (QED) is 0.491. The van der Waals surface area contributed by atoms with Gasteiger partial charge in [0.1, 0.15) is 12.4 Å². The maximum atomic E-state index is 5.58. The molecule has 138 valence electrons. The van der Waals surface area contributed by atoms with Gasteiger partial charge >= 0.3 is 0 Å². The van der Waals surface area contributed by atoms with Gasteiger partial charge in [0.15, 0.2) is 5.95 Å². The van der Waals surface area contributed by atoms with Crippen LogP contribution < -0.4 is 5.73 Å². The van der Waals surface area contributed by atoms with Gasteiger partial charge in [-0.15, -0.1) is 29.9 Å². The van der Waals surface area contributed by atoms with Gasteiger partial charge in [-0.1, -0.05) is 5.21 Å². The zero-order valence-corrected chi connectivity index (χ0v) is 16.0. The molecule has 0 fully saturated rings. The minimum Gasteiger partial charge on any atom is -0.369 e. The molecule has 0 aliphatic carbocycles. The molecule has 0 radical (unpaired) electrons. The largest absolute Gasteiger partial charge is 0.369 e. The topological polar surface area (TPSA) is 114 Å². The fourth-order valence-electron chi connectivity index (χ4n) is 2.71. The van der Waals surface area contributed by atoms with E-state index in [1.807, 2.05) is 6.20 Å². The molecule has 0 saturated carbocycles. The molecule has 4 N–H and O–H groups in total. The second-order valence-electron chi connectivity index (χ2n) is 6.02. The number of imidazole rings is 2. The molecule has 0 unspecified atom stereocenters. The molecule has 0 aliphatic rings. The highest BCUT2D eigenvalue weighted by Gasteiger charge is 2.08. The number of benzene rings is 1. The van der Waals surface area contributed by atoms with Gasteiger partial charge < -0.3 is 15.7 Å². The van der Waals surface area contributed by atoms with Gasteiger partial charge in [-0.05, 0) is 37.1 Å². The summed E-state index contributed by atoms with van der Waals surface area (Å²) in [6.07, 6.45) is 4.22. The van der Waals surface area contributed by atoms with Crippen LogP contribution in [0.25, 0.3) is 11.0 Å². The Labute approximate surface area is 162 Å². The number of H-pyrrole nitrogens is 2. The van der Waals surface area contributed by atoms with Crippen LogP contribution in [0.15, 0.2) is 24.5 Å². The Balaban J connectivity index is 0.00000121. The van der Waals surface area contributed by atoms with Crippen molar-refractivity contribution in [2.45, 2.75) is 26.8 Å². The van der Waals surface area contributed by atoms with Crippen LogP contribution in [-0.2, 0) is 13.0 Å². The second-order valence-corrected chi connectivity index (χ2v) is 6.02. The van der Waals surface area contributed by atoms with Crippen LogP contribution in [-0.4, -0.2) is 34.9 Å². The van der Waals surface area contributed by atoms with Crippen LogP contribution >= 0.6 is 24.8 Å². The summed E-state index contributed by atoms with van der Waals surface area (Å²) in [7, 11) is 0. The predicted molar refractivity (Wildman–Crippen MR) is 105 cm³/mol. The number of nitrogens with zero attached hydrogens (tertiary/aromatic N) is 5. The normalized spacial score (nSPS) is 10.5. The van der Waals surface area contributed by atoms with E-state index in [1.165, 1.54) is 11.1 Å². The van der Waals surface area contributed by atoms with Crippen molar-refractivity contribution in [3.8, 4) is 0 Å². The highest BCUT2D eigenvalue weighted by atomic mass is 35.5. The van der Waals surface area contributed by atoms with Crippen molar-refractivity contribution in [2.24, 2.45) is 0 Å². The van der Waals surface area contributed by atoms with Crippen LogP contribution in [0.1, 0.15) is 28.3 Å². The van der Waals surface area contributed by atoms with E-state index in [-0.39, 0.29) is 24.8 Å². The Hall–Kier alpha value is -2.58. The number of anilines is 1. The van der Waals surface area contributed by atoms with Gasteiger partial charge in [-0.3, -0.25) is 0 Å². The lowest BCUT2D eigenvalue weighted by atomic mass is 10.1. The summed E-state index contributed by atoms with van der Waals surface area (Å²) < 4.78 is 1.77. The lowest BCUT2D eigenvalue weighted by Crippen LogP contribution is -2.02. The molecule has 0 aliphatic heterocycles. The van der Waals surface area contributed by atoms with Crippen molar-refractivity contribution in [1.29, 1.82) is 0 Å². The average Bonchev–Trinajstić information content (AvgIpc) is 3.22. The number of hydrogen-bond donors (Lipinski definition) is 3. The number of nitrogens with one attached hydrogen (secondary N) is 2. The Kier molecular flexibility index (Phi) is 5.89. The zero-order valence-electron chi connectivity index (χ0n) is 14.4. The Morgan fingerprint density at radius 2 is 1.88 bits per heavy atom. The van der Waals surface area contributed by atoms with Crippen molar-refractivity contribution in [3.05, 3.63) is 52.9 Å². The third-order valence-electron chi connectivity index (χ3n) is 4.06. The first kappa shape index (κ1) is 19.7. The van der Waals surface area contributed by atoms with E-state index < -0.39 is 0 Å². The fraction of sp³-hybridized carbons (Fsp3) is 0.250. The SMILES string of the molecule is Cc1cc2nc(Cn3cc(Cc4cnc(N)[nH]4)nn3)[nH]c2cc1C.Cl.Cl. The first-order chi connectivity index (χ1) is 11.6. The number of nitrogens with two attached hydrogens (primary N) is 1. The lowest BCUT2D eigenvalue weighted by molar-refractivity contribution is 0.630. The van der Waals surface area contributed by atoms with Crippen molar-refractivity contribution in [2.75, 3.05) is 5.73 Å². The van der Waals surface area contributed by atoms with E-state index in [4.69, 9.17) is 5.73 Å². The highest BCUT2D eigenvalue weighted by molar-refractivity contribution is 5.85. The molecule has 4 aromatic rings. The summed E-state index contributed by atoms with van der Waals surface area (Å²) in [4.78, 5) is 14.9. The monoisotopic (exact) mass is 394 g/mol. The molecule has 4 rings (SSSR count). The van der Waals surface area contributed by atoms with Gasteiger partial charge in [0.05, 0.1) is 22.9 Å². The number of aromatic amines is 2. The van der Waals surface area contributed by atoms with Crippen molar-refractivity contribution in [1.82, 2.24) is 34.9 Å². The van der Waals surface area contributed by atoms with Gasteiger partial charge in [0.2, 0.25) is 0 Å². The summed E-state index contributed by atoms with van der Waals surface area (Å²) in [6.45, 7) is 4.74. The van der Waals surface area contributed by atoms with Crippen LogP contribution in [0.2, 0.25) is 0 Å². The number of fused-ring (bicyclic) bond motifs is 1. The van der Waals surface area contributed by atoms with Crippen LogP contribution in [0, 0.1) is 13.8 Å². The number of halogens is 2. The lowest BCUT2D eigenvalue weighted by Gasteiger charge is -1.97. The number of aromatic nitrogens is 7. The van der Waals surface area contributed by atoms with E-state index in [0.717, 1.165) is 28.2 Å². The van der Waals surface area contributed by atoms with Crippen LogP contribution in [0.4, 0.5) is 5.95 Å². The molecule has 8 nitrogen and oxygen atoms in total. The fourth-order valence-corrected chi connectivity index (χ4v) is 2.71. The van der Waals surface area contributed by atoms with E-state index in [2.05, 4.69) is 56.2 Å². The third-order valence-corrected chi connectivity index (χ3v) is 4.06. The second kappa shape index (κ2) is 7.76. The molecule has 0 spiro atoms. The van der Waals surface area contributed by atoms with Gasteiger partial charge in [0, 0.05) is 18.3 Å². The third kappa shape index (κ3) is 3.97. The number of hydrogen-bond acceptors (Lipinski definition) is 5. The maximum absolute atomic E-state index is 5.58. The van der Waals surface area contributed by atoms with E-state index in [1.54, 1.807) is 10.9 Å². The standard InChI is InChI=1S/C16H18N8.2ClH/c1-9-3-13-14(4-10(9)2)21-15(20-13)8-24-7-12(22-23-24)5-11-6-18-16(17)19-11;;/h3-4,6-7H,5,8H2,1-2H3,(H,20,21)(H3,17,18,19);2*1H. The average molecular weight is 395 g/mol. The van der Waals surface area contributed by atoms with Gasteiger partial charge in [-0.2, -0.15) is 0 Å². The van der Waals surface area contributed by atoms with E-state index in [0.29, 0.717) is 18.9 Å². The zero-order chi connectivity index (χ0) is 16.7. The molecule has 3 heterocycles. The molecular weight excluding hydrogens is 375 g/mol. The van der Waals surface area contributed by atoms with Crippen LogP contribution in [0.3, 0.4) is 0 Å². The first-order valence-electron chi connectivity index (χ1n) is 7.71. The summed E-state index contributed by atoms with van der Waals surface area (Å²) >= 11 is 0. The summed E-state index contributed by atoms with van der Waals surface area (Å²) in [6, 6.07) is 4.22. The minimum atomic E-state index is 0. The first-order valence-corrected chi connectivity index (χ1v) is 7.71. The Bertz CT molecular complexity index is 978. The predicted octanol–water partition coefficient (Wildman–Crippen LogP) is 2.56. The maximum Gasteiger partial charge on any atom is 0.197 e. The summed E-state index contributed by atoms with van der Waals surface area (Å²) in [5.41, 5.74) is 11.8. The minimum absolute atomic E-state index is 0. The van der Waals surface area contributed by atoms with Gasteiger partial charge in [-0.25, -0.2) is 14.6 Å². The van der Waals surface area contributed by atoms with Crippen molar-refractivity contribution >= 4 is 41.8 Å². The van der Waals surface area contributed by atoms with E-state index in [9.17, 15) is 0 Å². The molecule has 0 saturated heterocycles. The molecule has 1 aromatic carbocycles. The number of rotatable bonds is 4. The smallest absolute Gasteiger partial charge is 0.197 e. The Morgan fingerprint density at radius 1 is 1.12 bits per heavy atom. The summed E-state index contributed by atoms with van der Waals surface area (Å²) in [5.74, 6) is 1.27. The molecule has 0 atom stereocenters. The molecule has 26 heavy (non-hydrogen) atoms. The number of aryl methyl sites for hydroxylation is 2. The summed E-state index contributed by atoms with van der Waals surface area (Å²) in [5, 5.41) is 8.34. The molecule has 0 amide bonds.